The quantitative estimate of drug-likeness (QED) is 0.564. The number of hydrogen-bond acceptors (Lipinski definition) is 5. The van der Waals surface area contributed by atoms with Gasteiger partial charge in [-0.1, -0.05) is 35.8 Å². The van der Waals surface area contributed by atoms with Crippen LogP contribution in [0.1, 0.15) is 37.8 Å². The minimum atomic E-state index is -0.426. The van der Waals surface area contributed by atoms with Crippen LogP contribution in [0.25, 0.3) is 17.0 Å². The molecule has 160 valence electrons. The number of carbonyl (C=O) groups is 1. The molecule has 0 saturated heterocycles. The van der Waals surface area contributed by atoms with Crippen LogP contribution in [0.4, 0.5) is 4.79 Å². The van der Waals surface area contributed by atoms with Gasteiger partial charge < -0.3 is 14.6 Å². The fourth-order valence-electron chi connectivity index (χ4n) is 3.65. The van der Waals surface area contributed by atoms with Gasteiger partial charge in [0.25, 0.3) is 5.89 Å². The van der Waals surface area contributed by atoms with E-state index in [0.29, 0.717) is 23.3 Å². The summed E-state index contributed by atoms with van der Waals surface area (Å²) >= 11 is 5.99. The van der Waals surface area contributed by atoms with Gasteiger partial charge in [-0.15, -0.1) is 0 Å². The minimum Gasteiger partial charge on any atom is -0.497 e. The van der Waals surface area contributed by atoms with Crippen LogP contribution < -0.4 is 10.1 Å². The van der Waals surface area contributed by atoms with Crippen LogP contribution in [0.15, 0.2) is 58.8 Å². The Morgan fingerprint density at radius 3 is 2.52 bits per heavy atom. The van der Waals surface area contributed by atoms with Crippen molar-refractivity contribution in [2.24, 2.45) is 0 Å². The summed E-state index contributed by atoms with van der Waals surface area (Å²) < 4.78 is 10.9. The number of rotatable bonds is 6. The number of benzene rings is 2. The lowest BCUT2D eigenvalue weighted by atomic mass is 9.94. The molecule has 2 heterocycles. The molecule has 2 amide bonds. The normalized spacial score (nSPS) is 16.5. The summed E-state index contributed by atoms with van der Waals surface area (Å²) in [5.41, 5.74) is 3.25. The summed E-state index contributed by atoms with van der Waals surface area (Å²) in [7, 11) is 1.62. The SMILES string of the molecule is CCCN1C(=O)NC(c2ccc(OC)cc2)C(c2nc(-c3ccc(Cl)cc3)no2)=C1C. The molecule has 4 rings (SSSR count). The molecule has 1 N–H and O–H groups in total. The van der Waals surface area contributed by atoms with Crippen molar-refractivity contribution < 1.29 is 14.1 Å². The Labute approximate surface area is 185 Å². The van der Waals surface area contributed by atoms with Crippen LogP contribution >= 0.6 is 11.6 Å². The van der Waals surface area contributed by atoms with E-state index < -0.39 is 6.04 Å². The molecule has 1 aromatic heterocycles. The van der Waals surface area contributed by atoms with Crippen LogP contribution in [-0.2, 0) is 0 Å². The van der Waals surface area contributed by atoms with Crippen molar-refractivity contribution in [3.63, 3.8) is 0 Å². The molecule has 0 aliphatic carbocycles. The number of nitrogens with zero attached hydrogens (tertiary/aromatic N) is 3. The van der Waals surface area contributed by atoms with E-state index in [1.807, 2.05) is 50.2 Å². The summed E-state index contributed by atoms with van der Waals surface area (Å²) in [5, 5.41) is 7.88. The Hall–Kier alpha value is -3.32. The topological polar surface area (TPSA) is 80.5 Å². The third-order valence-corrected chi connectivity index (χ3v) is 5.50. The van der Waals surface area contributed by atoms with E-state index >= 15 is 0 Å². The molecular weight excluding hydrogens is 416 g/mol. The predicted octanol–water partition coefficient (Wildman–Crippen LogP) is 5.31. The van der Waals surface area contributed by atoms with Gasteiger partial charge in [0, 0.05) is 22.8 Å². The van der Waals surface area contributed by atoms with Crippen molar-refractivity contribution in [3.05, 3.63) is 70.7 Å². The zero-order valence-corrected chi connectivity index (χ0v) is 18.3. The number of nitrogens with one attached hydrogen (secondary N) is 1. The van der Waals surface area contributed by atoms with E-state index in [2.05, 4.69) is 15.5 Å². The van der Waals surface area contributed by atoms with Crippen LogP contribution in [0.5, 0.6) is 5.75 Å². The third-order valence-electron chi connectivity index (χ3n) is 5.25. The van der Waals surface area contributed by atoms with Gasteiger partial charge in [0.2, 0.25) is 5.82 Å². The first-order chi connectivity index (χ1) is 15.0. The molecule has 0 bridgehead atoms. The fourth-order valence-corrected chi connectivity index (χ4v) is 3.77. The van der Waals surface area contributed by atoms with Crippen molar-refractivity contribution in [3.8, 4) is 17.1 Å². The van der Waals surface area contributed by atoms with Gasteiger partial charge >= 0.3 is 6.03 Å². The van der Waals surface area contributed by atoms with Crippen LogP contribution in [-0.4, -0.2) is 34.7 Å². The van der Waals surface area contributed by atoms with Crippen LogP contribution in [0.2, 0.25) is 5.02 Å². The molecule has 31 heavy (non-hydrogen) atoms. The maximum atomic E-state index is 12.8. The number of hydrogen-bond donors (Lipinski definition) is 1. The number of methoxy groups -OCH3 is 1. The molecule has 7 nitrogen and oxygen atoms in total. The van der Waals surface area contributed by atoms with Gasteiger partial charge in [-0.05, 0) is 55.3 Å². The van der Waals surface area contributed by atoms with Gasteiger partial charge in [-0.25, -0.2) is 4.79 Å². The molecule has 0 spiro atoms. The molecule has 0 radical (unpaired) electrons. The first kappa shape index (κ1) is 20.9. The first-order valence-electron chi connectivity index (χ1n) is 10.0. The van der Waals surface area contributed by atoms with E-state index in [0.717, 1.165) is 34.6 Å². The number of carbonyl (C=O) groups excluding carboxylic acids is 1. The van der Waals surface area contributed by atoms with Gasteiger partial charge in [0.05, 0.1) is 18.7 Å². The van der Waals surface area contributed by atoms with Crippen molar-refractivity contribution in [2.75, 3.05) is 13.7 Å². The second kappa shape index (κ2) is 8.81. The van der Waals surface area contributed by atoms with Crippen molar-refractivity contribution in [1.82, 2.24) is 20.4 Å². The number of aromatic nitrogens is 2. The second-order valence-electron chi connectivity index (χ2n) is 7.24. The zero-order valence-electron chi connectivity index (χ0n) is 17.6. The summed E-state index contributed by atoms with van der Waals surface area (Å²) in [6.45, 7) is 4.53. The van der Waals surface area contributed by atoms with E-state index in [-0.39, 0.29) is 6.03 Å². The third kappa shape index (κ3) is 4.14. The van der Waals surface area contributed by atoms with Crippen LogP contribution in [0.3, 0.4) is 0 Å². The lowest BCUT2D eigenvalue weighted by molar-refractivity contribution is 0.205. The Morgan fingerprint density at radius 1 is 1.16 bits per heavy atom. The Kier molecular flexibility index (Phi) is 5.95. The lowest BCUT2D eigenvalue weighted by Gasteiger charge is -2.35. The Bertz CT molecular complexity index is 1110. The summed E-state index contributed by atoms with van der Waals surface area (Å²) in [6, 6.07) is 14.2. The Morgan fingerprint density at radius 2 is 1.87 bits per heavy atom. The number of urea groups is 1. The summed E-state index contributed by atoms with van der Waals surface area (Å²) in [4.78, 5) is 19.2. The highest BCUT2D eigenvalue weighted by Gasteiger charge is 2.35. The zero-order chi connectivity index (χ0) is 22.0. The smallest absolute Gasteiger partial charge is 0.322 e. The molecule has 0 saturated carbocycles. The summed E-state index contributed by atoms with van der Waals surface area (Å²) in [6.07, 6.45) is 0.825. The van der Waals surface area contributed by atoms with E-state index in [9.17, 15) is 4.79 Å². The number of allylic oxidation sites excluding steroid dienone is 1. The standard InChI is InChI=1S/C23H23ClN4O3/c1-4-13-28-14(2)19(20(25-23(28)29)15-7-11-18(30-3)12-8-15)22-26-21(27-31-22)16-5-9-17(24)10-6-16/h5-12,20H,4,13H2,1-3H3,(H,25,29). The molecule has 1 aliphatic rings. The second-order valence-corrected chi connectivity index (χ2v) is 7.67. The van der Waals surface area contributed by atoms with Crippen molar-refractivity contribution >= 4 is 23.2 Å². The van der Waals surface area contributed by atoms with E-state index in [1.165, 1.54) is 0 Å². The van der Waals surface area contributed by atoms with Crippen molar-refractivity contribution in [2.45, 2.75) is 26.3 Å². The maximum Gasteiger partial charge on any atom is 0.322 e. The highest BCUT2D eigenvalue weighted by molar-refractivity contribution is 6.30. The highest BCUT2D eigenvalue weighted by atomic mass is 35.5. The van der Waals surface area contributed by atoms with Gasteiger partial charge in [-0.2, -0.15) is 4.98 Å². The highest BCUT2D eigenvalue weighted by Crippen LogP contribution is 2.37. The average Bonchev–Trinajstić information content (AvgIpc) is 3.26. The van der Waals surface area contributed by atoms with Gasteiger partial charge in [0.15, 0.2) is 0 Å². The van der Waals surface area contributed by atoms with E-state index in [1.54, 1.807) is 24.1 Å². The maximum absolute atomic E-state index is 12.8. The lowest BCUT2D eigenvalue weighted by Crippen LogP contribution is -2.46. The minimum absolute atomic E-state index is 0.152. The van der Waals surface area contributed by atoms with E-state index in [4.69, 9.17) is 20.9 Å². The average molecular weight is 439 g/mol. The number of ether oxygens (including phenoxy) is 1. The molecule has 0 fully saturated rings. The van der Waals surface area contributed by atoms with Gasteiger partial charge in [0.1, 0.15) is 5.75 Å². The Balaban J connectivity index is 1.79. The fraction of sp³-hybridized carbons (Fsp3) is 0.261. The molecule has 8 heteroatoms. The monoisotopic (exact) mass is 438 g/mol. The molecule has 2 aromatic carbocycles. The molecule has 1 unspecified atom stereocenters. The number of halogens is 1. The summed E-state index contributed by atoms with van der Waals surface area (Å²) in [5.74, 6) is 1.56. The number of amides is 2. The molecule has 3 aromatic rings. The first-order valence-corrected chi connectivity index (χ1v) is 10.4. The van der Waals surface area contributed by atoms with Crippen LogP contribution in [0, 0.1) is 0 Å². The molecule has 1 aliphatic heterocycles. The largest absolute Gasteiger partial charge is 0.497 e. The van der Waals surface area contributed by atoms with Gasteiger partial charge in [-0.3, -0.25) is 4.90 Å². The molecular formula is C23H23ClN4O3. The van der Waals surface area contributed by atoms with Crippen molar-refractivity contribution in [1.29, 1.82) is 0 Å². The predicted molar refractivity (Wildman–Crippen MR) is 119 cm³/mol. The molecule has 1 atom stereocenters.